The molecule has 0 radical (unpaired) electrons. The lowest BCUT2D eigenvalue weighted by molar-refractivity contribution is -0.149. The fourth-order valence-electron chi connectivity index (χ4n) is 3.49. The Balaban J connectivity index is 1.68. The molecule has 5 atom stereocenters. The van der Waals surface area contributed by atoms with Crippen LogP contribution in [0.4, 0.5) is 4.79 Å². The van der Waals surface area contributed by atoms with Gasteiger partial charge in [0.05, 0.1) is 6.10 Å². The minimum atomic E-state index is -0.924. The van der Waals surface area contributed by atoms with Crippen LogP contribution in [-0.4, -0.2) is 41.9 Å². The normalized spacial score (nSPS) is 35.6. The molecule has 0 bridgehead atoms. The number of aliphatic carboxylic acids is 1. The molecule has 5 unspecified atom stereocenters. The van der Waals surface area contributed by atoms with Gasteiger partial charge in [0, 0.05) is 12.6 Å². The summed E-state index contributed by atoms with van der Waals surface area (Å²) in [5.74, 6) is 0.289. The molecule has 21 heavy (non-hydrogen) atoms. The Hall–Kier alpha value is -1.30. The number of carbonyl (C=O) groups is 2. The molecule has 1 saturated heterocycles. The van der Waals surface area contributed by atoms with Crippen molar-refractivity contribution in [3.63, 3.8) is 0 Å². The molecule has 2 amide bonds. The van der Waals surface area contributed by atoms with E-state index in [4.69, 9.17) is 9.84 Å². The Kier molecular flexibility index (Phi) is 5.45. The van der Waals surface area contributed by atoms with Crippen molar-refractivity contribution in [3.8, 4) is 0 Å². The van der Waals surface area contributed by atoms with Crippen LogP contribution in [0.25, 0.3) is 0 Å². The zero-order valence-corrected chi connectivity index (χ0v) is 12.8. The molecule has 120 valence electrons. The summed E-state index contributed by atoms with van der Waals surface area (Å²) in [6.45, 7) is 4.76. The Morgan fingerprint density at radius 2 is 2.00 bits per heavy atom. The minimum absolute atomic E-state index is 0.175. The van der Waals surface area contributed by atoms with Crippen LogP contribution in [0.15, 0.2) is 0 Å². The number of ether oxygens (including phenoxy) is 1. The Morgan fingerprint density at radius 1 is 1.24 bits per heavy atom. The van der Waals surface area contributed by atoms with Gasteiger partial charge in [-0.1, -0.05) is 20.3 Å². The van der Waals surface area contributed by atoms with Gasteiger partial charge >= 0.3 is 12.0 Å². The Labute approximate surface area is 125 Å². The predicted octanol–water partition coefficient (Wildman–Crippen LogP) is 1.74. The highest BCUT2D eigenvalue weighted by Crippen LogP contribution is 2.33. The highest BCUT2D eigenvalue weighted by molar-refractivity contribution is 5.74. The first kappa shape index (κ1) is 16.1. The van der Waals surface area contributed by atoms with Crippen LogP contribution in [-0.2, 0) is 9.53 Å². The summed E-state index contributed by atoms with van der Waals surface area (Å²) in [5.41, 5.74) is 0. The molecule has 1 saturated carbocycles. The van der Waals surface area contributed by atoms with Crippen molar-refractivity contribution in [1.29, 1.82) is 0 Å². The minimum Gasteiger partial charge on any atom is -0.479 e. The first-order valence-corrected chi connectivity index (χ1v) is 7.93. The first-order chi connectivity index (χ1) is 10.0. The van der Waals surface area contributed by atoms with Crippen LogP contribution in [0.1, 0.15) is 46.0 Å². The second-order valence-electron chi connectivity index (χ2n) is 6.23. The SMILES string of the molecule is CCC1CCC(NC(=O)NCC2CCC(C(=O)O)O2)C1C. The Bertz CT molecular complexity index is 388. The fourth-order valence-corrected chi connectivity index (χ4v) is 3.49. The maximum atomic E-state index is 11.9. The lowest BCUT2D eigenvalue weighted by Crippen LogP contribution is -2.45. The van der Waals surface area contributed by atoms with Gasteiger partial charge in [0.15, 0.2) is 6.10 Å². The van der Waals surface area contributed by atoms with E-state index in [1.54, 1.807) is 0 Å². The van der Waals surface area contributed by atoms with E-state index in [0.29, 0.717) is 31.2 Å². The summed E-state index contributed by atoms with van der Waals surface area (Å²) >= 11 is 0. The van der Waals surface area contributed by atoms with Gasteiger partial charge in [-0.25, -0.2) is 9.59 Å². The number of amides is 2. The molecule has 6 heteroatoms. The third-order valence-electron chi connectivity index (χ3n) is 4.94. The van der Waals surface area contributed by atoms with Crippen LogP contribution in [0.5, 0.6) is 0 Å². The summed E-state index contributed by atoms with van der Waals surface area (Å²) in [5, 5.41) is 14.7. The molecule has 2 rings (SSSR count). The van der Waals surface area contributed by atoms with Crippen molar-refractivity contribution in [2.75, 3.05) is 6.54 Å². The monoisotopic (exact) mass is 298 g/mol. The Morgan fingerprint density at radius 3 is 2.57 bits per heavy atom. The highest BCUT2D eigenvalue weighted by Gasteiger charge is 2.33. The van der Waals surface area contributed by atoms with E-state index in [2.05, 4.69) is 24.5 Å². The molecule has 0 spiro atoms. The number of nitrogens with one attached hydrogen (secondary N) is 2. The van der Waals surface area contributed by atoms with E-state index >= 15 is 0 Å². The highest BCUT2D eigenvalue weighted by atomic mass is 16.5. The molecule has 0 aromatic rings. The molecule has 3 N–H and O–H groups in total. The molecular weight excluding hydrogens is 272 g/mol. The maximum Gasteiger partial charge on any atom is 0.332 e. The lowest BCUT2D eigenvalue weighted by Gasteiger charge is -2.21. The zero-order valence-electron chi connectivity index (χ0n) is 12.8. The number of rotatable bonds is 5. The molecule has 0 aromatic heterocycles. The van der Waals surface area contributed by atoms with Crippen molar-refractivity contribution < 1.29 is 19.4 Å². The van der Waals surface area contributed by atoms with Crippen LogP contribution in [0, 0.1) is 11.8 Å². The quantitative estimate of drug-likeness (QED) is 0.721. The topological polar surface area (TPSA) is 87.7 Å². The molecule has 1 heterocycles. The molecule has 1 aliphatic heterocycles. The van der Waals surface area contributed by atoms with E-state index in [9.17, 15) is 9.59 Å². The number of hydrogen-bond acceptors (Lipinski definition) is 3. The lowest BCUT2D eigenvalue weighted by atomic mass is 9.94. The molecule has 2 aliphatic rings. The van der Waals surface area contributed by atoms with Gasteiger partial charge in [0.25, 0.3) is 0 Å². The largest absolute Gasteiger partial charge is 0.479 e. The van der Waals surface area contributed by atoms with Gasteiger partial charge in [-0.05, 0) is 37.5 Å². The number of urea groups is 1. The maximum absolute atomic E-state index is 11.9. The first-order valence-electron chi connectivity index (χ1n) is 7.93. The summed E-state index contributed by atoms with van der Waals surface area (Å²) in [7, 11) is 0. The number of carboxylic acids is 1. The van der Waals surface area contributed by atoms with E-state index < -0.39 is 12.1 Å². The third-order valence-corrected chi connectivity index (χ3v) is 4.94. The van der Waals surface area contributed by atoms with Crippen molar-refractivity contribution in [2.45, 2.75) is 64.2 Å². The molecular formula is C15H26N2O4. The summed E-state index contributed by atoms with van der Waals surface area (Å²) in [6, 6.07) is 0.0668. The summed E-state index contributed by atoms with van der Waals surface area (Å²) < 4.78 is 5.36. The third kappa shape index (κ3) is 4.09. The zero-order chi connectivity index (χ0) is 15.4. The van der Waals surface area contributed by atoms with Crippen LogP contribution < -0.4 is 10.6 Å². The standard InChI is InChI=1S/C15H26N2O4/c1-3-10-4-6-12(9(10)2)17-15(20)16-8-11-5-7-13(21-11)14(18)19/h9-13H,3-8H2,1-2H3,(H,18,19)(H2,16,17,20). The second-order valence-corrected chi connectivity index (χ2v) is 6.23. The van der Waals surface area contributed by atoms with E-state index in [1.165, 1.54) is 6.42 Å². The average Bonchev–Trinajstić information content (AvgIpc) is 3.05. The van der Waals surface area contributed by atoms with E-state index in [-0.39, 0.29) is 18.2 Å². The van der Waals surface area contributed by atoms with Gasteiger partial charge in [0.1, 0.15) is 0 Å². The van der Waals surface area contributed by atoms with Gasteiger partial charge in [-0.2, -0.15) is 0 Å². The van der Waals surface area contributed by atoms with Crippen LogP contribution >= 0.6 is 0 Å². The smallest absolute Gasteiger partial charge is 0.332 e. The average molecular weight is 298 g/mol. The van der Waals surface area contributed by atoms with Crippen LogP contribution in [0.3, 0.4) is 0 Å². The number of carbonyl (C=O) groups excluding carboxylic acids is 1. The number of carboxylic acid groups (broad SMARTS) is 1. The molecule has 6 nitrogen and oxygen atoms in total. The van der Waals surface area contributed by atoms with E-state index in [1.807, 2.05) is 0 Å². The number of hydrogen-bond donors (Lipinski definition) is 3. The fraction of sp³-hybridized carbons (Fsp3) is 0.867. The molecule has 2 fully saturated rings. The summed E-state index contributed by atoms with van der Waals surface area (Å²) in [4.78, 5) is 22.7. The van der Waals surface area contributed by atoms with Crippen LogP contribution in [0.2, 0.25) is 0 Å². The van der Waals surface area contributed by atoms with Gasteiger partial charge < -0.3 is 20.5 Å². The van der Waals surface area contributed by atoms with Gasteiger partial charge in [-0.15, -0.1) is 0 Å². The predicted molar refractivity (Wildman–Crippen MR) is 78.0 cm³/mol. The van der Waals surface area contributed by atoms with Crippen molar-refractivity contribution in [2.24, 2.45) is 11.8 Å². The molecule has 0 aromatic carbocycles. The molecule has 1 aliphatic carbocycles. The van der Waals surface area contributed by atoms with Crippen molar-refractivity contribution in [3.05, 3.63) is 0 Å². The van der Waals surface area contributed by atoms with Gasteiger partial charge in [0.2, 0.25) is 0 Å². The van der Waals surface area contributed by atoms with Crippen molar-refractivity contribution in [1.82, 2.24) is 10.6 Å². The summed E-state index contributed by atoms with van der Waals surface area (Å²) in [6.07, 6.45) is 3.65. The van der Waals surface area contributed by atoms with Crippen molar-refractivity contribution >= 4 is 12.0 Å². The second kappa shape index (κ2) is 7.11. The van der Waals surface area contributed by atoms with Gasteiger partial charge in [-0.3, -0.25) is 0 Å². The van der Waals surface area contributed by atoms with E-state index in [0.717, 1.165) is 12.8 Å².